The summed E-state index contributed by atoms with van der Waals surface area (Å²) < 4.78 is 1.76. The Morgan fingerprint density at radius 2 is 2.00 bits per heavy atom. The number of halogens is 1. The summed E-state index contributed by atoms with van der Waals surface area (Å²) >= 11 is 6.07. The van der Waals surface area contributed by atoms with Crippen molar-refractivity contribution in [2.45, 2.75) is 20.4 Å². The van der Waals surface area contributed by atoms with E-state index in [1.165, 1.54) is 0 Å². The molecule has 3 nitrogen and oxygen atoms in total. The number of hydrogen-bond donors (Lipinski definition) is 0. The van der Waals surface area contributed by atoms with Crippen LogP contribution < -0.4 is 5.56 Å². The van der Waals surface area contributed by atoms with E-state index in [1.807, 2.05) is 36.4 Å². The van der Waals surface area contributed by atoms with E-state index in [0.29, 0.717) is 23.0 Å². The van der Waals surface area contributed by atoms with Crippen molar-refractivity contribution in [1.29, 1.82) is 0 Å². The van der Waals surface area contributed by atoms with E-state index in [-0.39, 0.29) is 5.56 Å². The molecule has 0 aliphatic rings. The molecule has 22 heavy (non-hydrogen) atoms. The van der Waals surface area contributed by atoms with Crippen LogP contribution in [0.15, 0.2) is 53.5 Å². The fourth-order valence-corrected chi connectivity index (χ4v) is 2.79. The normalized spacial score (nSPS) is 11.3. The zero-order valence-electron chi connectivity index (χ0n) is 12.6. The molecule has 2 aromatic heterocycles. The number of pyridine rings is 2. The monoisotopic (exact) mass is 312 g/mol. The standard InChI is InChI=1S/C18H17ClN2O/c1-12(2)11-21-17-14(6-4-8-20-17)10-16(18(21)22)13-5-3-7-15(19)9-13/h3-10,12H,11H2,1-2H3. The fraction of sp³-hybridized carbons (Fsp3) is 0.222. The maximum absolute atomic E-state index is 12.9. The fourth-order valence-electron chi connectivity index (χ4n) is 2.60. The van der Waals surface area contributed by atoms with E-state index in [2.05, 4.69) is 18.8 Å². The molecule has 1 aromatic carbocycles. The molecule has 3 rings (SSSR count). The van der Waals surface area contributed by atoms with Crippen LogP contribution in [0.2, 0.25) is 5.02 Å². The smallest absolute Gasteiger partial charge is 0.260 e. The van der Waals surface area contributed by atoms with Gasteiger partial charge in [0.2, 0.25) is 0 Å². The molecule has 2 heterocycles. The highest BCUT2D eigenvalue weighted by molar-refractivity contribution is 6.30. The number of hydrogen-bond acceptors (Lipinski definition) is 2. The van der Waals surface area contributed by atoms with Gasteiger partial charge in [0.1, 0.15) is 5.65 Å². The van der Waals surface area contributed by atoms with E-state index in [1.54, 1.807) is 16.8 Å². The predicted molar refractivity (Wildman–Crippen MR) is 91.3 cm³/mol. The van der Waals surface area contributed by atoms with Gasteiger partial charge in [0.05, 0.1) is 0 Å². The average Bonchev–Trinajstić information content (AvgIpc) is 2.49. The molecule has 0 saturated heterocycles. The zero-order chi connectivity index (χ0) is 15.7. The third-order valence-electron chi connectivity index (χ3n) is 3.53. The lowest BCUT2D eigenvalue weighted by Gasteiger charge is -2.14. The first kappa shape index (κ1) is 14.8. The maximum Gasteiger partial charge on any atom is 0.260 e. The SMILES string of the molecule is CC(C)Cn1c(=O)c(-c2cccc(Cl)c2)cc2cccnc21. The lowest BCUT2D eigenvalue weighted by atomic mass is 10.1. The van der Waals surface area contributed by atoms with E-state index < -0.39 is 0 Å². The molecule has 4 heteroatoms. The molecule has 0 unspecified atom stereocenters. The van der Waals surface area contributed by atoms with Crippen LogP contribution in [-0.2, 0) is 6.54 Å². The Morgan fingerprint density at radius 1 is 1.18 bits per heavy atom. The van der Waals surface area contributed by atoms with E-state index in [4.69, 9.17) is 11.6 Å². The predicted octanol–water partition coefficient (Wildman–Crippen LogP) is 4.37. The Labute approximate surface area is 134 Å². The van der Waals surface area contributed by atoms with Crippen molar-refractivity contribution in [1.82, 2.24) is 9.55 Å². The molecule has 0 radical (unpaired) electrons. The number of benzene rings is 1. The molecule has 0 N–H and O–H groups in total. The van der Waals surface area contributed by atoms with Crippen LogP contribution in [0.1, 0.15) is 13.8 Å². The molecular formula is C18H17ClN2O. The van der Waals surface area contributed by atoms with Crippen LogP contribution in [0.3, 0.4) is 0 Å². The molecule has 0 saturated carbocycles. The van der Waals surface area contributed by atoms with Crippen LogP contribution in [0.4, 0.5) is 0 Å². The molecule has 0 spiro atoms. The van der Waals surface area contributed by atoms with Gasteiger partial charge in [-0.3, -0.25) is 9.36 Å². The van der Waals surface area contributed by atoms with Crippen LogP contribution in [0, 0.1) is 5.92 Å². The van der Waals surface area contributed by atoms with E-state index >= 15 is 0 Å². The van der Waals surface area contributed by atoms with Crippen molar-refractivity contribution in [3.05, 3.63) is 64.0 Å². The van der Waals surface area contributed by atoms with Crippen molar-refractivity contribution in [2.24, 2.45) is 5.92 Å². The maximum atomic E-state index is 12.9. The van der Waals surface area contributed by atoms with Crippen LogP contribution in [0.25, 0.3) is 22.2 Å². The summed E-state index contributed by atoms with van der Waals surface area (Å²) in [5.41, 5.74) is 2.19. The summed E-state index contributed by atoms with van der Waals surface area (Å²) in [4.78, 5) is 17.3. The summed E-state index contributed by atoms with van der Waals surface area (Å²) in [5, 5.41) is 1.58. The topological polar surface area (TPSA) is 34.9 Å². The van der Waals surface area contributed by atoms with Gasteiger partial charge in [-0.1, -0.05) is 37.6 Å². The van der Waals surface area contributed by atoms with Crippen LogP contribution in [0.5, 0.6) is 0 Å². The summed E-state index contributed by atoms with van der Waals surface area (Å²) in [6.07, 6.45) is 1.72. The summed E-state index contributed by atoms with van der Waals surface area (Å²) in [6, 6.07) is 13.1. The third-order valence-corrected chi connectivity index (χ3v) is 3.77. The molecule has 0 atom stereocenters. The Kier molecular flexibility index (Phi) is 3.99. The van der Waals surface area contributed by atoms with Gasteiger partial charge in [-0.15, -0.1) is 0 Å². The van der Waals surface area contributed by atoms with Crippen molar-refractivity contribution in [3.63, 3.8) is 0 Å². The van der Waals surface area contributed by atoms with E-state index in [0.717, 1.165) is 16.6 Å². The van der Waals surface area contributed by atoms with Gasteiger partial charge in [0, 0.05) is 28.7 Å². The van der Waals surface area contributed by atoms with Gasteiger partial charge in [0.15, 0.2) is 0 Å². The van der Waals surface area contributed by atoms with Gasteiger partial charge in [-0.25, -0.2) is 4.98 Å². The quantitative estimate of drug-likeness (QED) is 0.719. The minimum absolute atomic E-state index is 0.0258. The molecule has 0 fully saturated rings. The third kappa shape index (κ3) is 2.77. The number of rotatable bonds is 3. The molecule has 0 amide bonds. The Hall–Kier alpha value is -2.13. The summed E-state index contributed by atoms with van der Waals surface area (Å²) in [7, 11) is 0. The van der Waals surface area contributed by atoms with Gasteiger partial charge in [-0.2, -0.15) is 0 Å². The van der Waals surface area contributed by atoms with Crippen LogP contribution in [-0.4, -0.2) is 9.55 Å². The van der Waals surface area contributed by atoms with Gasteiger partial charge in [-0.05, 0) is 41.8 Å². The molecule has 112 valence electrons. The minimum Gasteiger partial charge on any atom is -0.292 e. The highest BCUT2D eigenvalue weighted by atomic mass is 35.5. The zero-order valence-corrected chi connectivity index (χ0v) is 13.3. The Bertz CT molecular complexity index is 884. The second-order valence-electron chi connectivity index (χ2n) is 5.79. The minimum atomic E-state index is -0.0258. The highest BCUT2D eigenvalue weighted by Crippen LogP contribution is 2.23. The van der Waals surface area contributed by atoms with Crippen molar-refractivity contribution < 1.29 is 0 Å². The van der Waals surface area contributed by atoms with Gasteiger partial charge >= 0.3 is 0 Å². The second-order valence-corrected chi connectivity index (χ2v) is 6.23. The lowest BCUT2D eigenvalue weighted by molar-refractivity contribution is 0.521. The number of aromatic nitrogens is 2. The molecular weight excluding hydrogens is 296 g/mol. The average molecular weight is 313 g/mol. The first-order valence-corrected chi connectivity index (χ1v) is 7.68. The molecule has 3 aromatic rings. The van der Waals surface area contributed by atoms with E-state index in [9.17, 15) is 4.79 Å². The molecule has 0 aliphatic carbocycles. The molecule has 0 bridgehead atoms. The summed E-state index contributed by atoms with van der Waals surface area (Å²) in [5.74, 6) is 0.359. The number of fused-ring (bicyclic) bond motifs is 1. The van der Waals surface area contributed by atoms with Gasteiger partial charge < -0.3 is 0 Å². The summed E-state index contributed by atoms with van der Waals surface area (Å²) in [6.45, 7) is 4.82. The van der Waals surface area contributed by atoms with Gasteiger partial charge in [0.25, 0.3) is 5.56 Å². The Morgan fingerprint density at radius 3 is 2.73 bits per heavy atom. The highest BCUT2D eigenvalue weighted by Gasteiger charge is 2.13. The molecule has 0 aliphatic heterocycles. The largest absolute Gasteiger partial charge is 0.292 e. The lowest BCUT2D eigenvalue weighted by Crippen LogP contribution is -2.25. The first-order chi connectivity index (χ1) is 10.6. The second kappa shape index (κ2) is 5.93. The van der Waals surface area contributed by atoms with Crippen LogP contribution >= 0.6 is 11.6 Å². The Balaban J connectivity index is 2.32. The van der Waals surface area contributed by atoms with Crippen molar-refractivity contribution in [3.8, 4) is 11.1 Å². The van der Waals surface area contributed by atoms with Crippen molar-refractivity contribution >= 4 is 22.6 Å². The number of nitrogens with zero attached hydrogens (tertiary/aromatic N) is 2. The van der Waals surface area contributed by atoms with Crippen molar-refractivity contribution in [2.75, 3.05) is 0 Å². The first-order valence-electron chi connectivity index (χ1n) is 7.31.